The lowest BCUT2D eigenvalue weighted by atomic mass is 10.2. The monoisotopic (exact) mass is 329 g/mol. The molecule has 0 fully saturated rings. The lowest BCUT2D eigenvalue weighted by Crippen LogP contribution is -2.32. The van der Waals surface area contributed by atoms with Crippen LogP contribution in [0.25, 0.3) is 20.7 Å². The van der Waals surface area contributed by atoms with Gasteiger partial charge in [-0.2, -0.15) is 0 Å². The van der Waals surface area contributed by atoms with Crippen LogP contribution in [-0.2, 0) is 11.3 Å². The highest BCUT2D eigenvalue weighted by Gasteiger charge is 2.14. The van der Waals surface area contributed by atoms with Gasteiger partial charge in [-0.3, -0.25) is 14.2 Å². The molecule has 0 unspecified atom stereocenters. The quantitative estimate of drug-likeness (QED) is 0.744. The van der Waals surface area contributed by atoms with Crippen LogP contribution < -0.4 is 10.9 Å². The Hall–Kier alpha value is -2.43. The molecule has 22 heavy (non-hydrogen) atoms. The number of carbonyl (C=O) groups excluding carboxylic acids is 1. The molecule has 110 valence electrons. The van der Waals surface area contributed by atoms with Crippen molar-refractivity contribution >= 4 is 38.8 Å². The maximum Gasteiger partial charge on any atom is 0.263 e. The van der Waals surface area contributed by atoms with Crippen molar-refractivity contribution in [3.8, 4) is 22.8 Å². The first-order valence-corrected chi connectivity index (χ1v) is 8.17. The van der Waals surface area contributed by atoms with Crippen LogP contribution in [0.15, 0.2) is 34.0 Å². The Balaban J connectivity index is 2.02. The smallest absolute Gasteiger partial charge is 0.263 e. The highest BCUT2D eigenvalue weighted by molar-refractivity contribution is 7.18. The van der Waals surface area contributed by atoms with E-state index in [0.29, 0.717) is 10.2 Å². The van der Waals surface area contributed by atoms with Crippen molar-refractivity contribution in [3.05, 3.63) is 39.6 Å². The third kappa shape index (κ3) is 2.66. The number of hydrogen-bond acceptors (Lipinski definition) is 5. The van der Waals surface area contributed by atoms with E-state index in [1.54, 1.807) is 11.3 Å². The molecule has 3 rings (SSSR count). The first-order chi connectivity index (χ1) is 10.7. The van der Waals surface area contributed by atoms with E-state index >= 15 is 0 Å². The fourth-order valence-electron chi connectivity index (χ4n) is 2.05. The molecule has 0 bridgehead atoms. The maximum absolute atomic E-state index is 12.6. The van der Waals surface area contributed by atoms with Gasteiger partial charge in [0.2, 0.25) is 5.91 Å². The van der Waals surface area contributed by atoms with Gasteiger partial charge in [-0.05, 0) is 11.4 Å². The maximum atomic E-state index is 12.6. The van der Waals surface area contributed by atoms with Gasteiger partial charge >= 0.3 is 0 Å². The summed E-state index contributed by atoms with van der Waals surface area (Å²) in [6, 6.07) is 3.90. The zero-order valence-corrected chi connectivity index (χ0v) is 13.0. The Morgan fingerprint density at radius 1 is 1.45 bits per heavy atom. The topological polar surface area (TPSA) is 64.0 Å². The predicted octanol–water partition coefficient (Wildman–Crippen LogP) is 1.94. The van der Waals surface area contributed by atoms with Gasteiger partial charge in [0.05, 0.1) is 18.3 Å². The number of nitrogens with zero attached hydrogens (tertiary/aromatic N) is 2. The first-order valence-electron chi connectivity index (χ1n) is 6.41. The second-order valence-corrected chi connectivity index (χ2v) is 6.27. The number of amides is 1. The van der Waals surface area contributed by atoms with E-state index in [-0.39, 0.29) is 24.6 Å². The number of terminal acetylenes is 1. The van der Waals surface area contributed by atoms with E-state index in [2.05, 4.69) is 16.2 Å². The van der Waals surface area contributed by atoms with Crippen LogP contribution in [0.5, 0.6) is 0 Å². The SMILES string of the molecule is C#CCNC(=O)Cn1cnc2scc(-c3cccs3)c2c1=O. The summed E-state index contributed by atoms with van der Waals surface area (Å²) in [6.45, 7) is 0.0470. The van der Waals surface area contributed by atoms with Crippen molar-refractivity contribution in [1.29, 1.82) is 0 Å². The minimum Gasteiger partial charge on any atom is -0.344 e. The largest absolute Gasteiger partial charge is 0.344 e. The van der Waals surface area contributed by atoms with Gasteiger partial charge in [-0.1, -0.05) is 12.0 Å². The average Bonchev–Trinajstić information content (AvgIpc) is 3.16. The van der Waals surface area contributed by atoms with Crippen molar-refractivity contribution in [2.75, 3.05) is 6.54 Å². The van der Waals surface area contributed by atoms with Crippen LogP contribution in [0.1, 0.15) is 0 Å². The molecule has 0 spiro atoms. The molecule has 0 saturated heterocycles. The fraction of sp³-hybridized carbons (Fsp3) is 0.133. The number of carbonyl (C=O) groups is 1. The second kappa shape index (κ2) is 6.13. The van der Waals surface area contributed by atoms with E-state index in [1.165, 1.54) is 22.2 Å². The van der Waals surface area contributed by atoms with E-state index in [4.69, 9.17) is 6.42 Å². The molecule has 0 aromatic carbocycles. The van der Waals surface area contributed by atoms with Gasteiger partial charge in [0.15, 0.2) is 0 Å². The molecule has 0 atom stereocenters. The summed E-state index contributed by atoms with van der Waals surface area (Å²) in [4.78, 5) is 30.3. The summed E-state index contributed by atoms with van der Waals surface area (Å²) in [5, 5.41) is 6.97. The molecule has 0 aliphatic heterocycles. The molecule has 3 heterocycles. The zero-order valence-electron chi connectivity index (χ0n) is 11.4. The Morgan fingerprint density at radius 2 is 2.32 bits per heavy atom. The van der Waals surface area contributed by atoms with Crippen molar-refractivity contribution in [2.24, 2.45) is 0 Å². The average molecular weight is 329 g/mol. The Kier molecular flexibility index (Phi) is 4.04. The number of aromatic nitrogens is 2. The normalized spacial score (nSPS) is 10.5. The molecular formula is C15H11N3O2S2. The van der Waals surface area contributed by atoms with Crippen molar-refractivity contribution < 1.29 is 4.79 Å². The van der Waals surface area contributed by atoms with Crippen molar-refractivity contribution in [2.45, 2.75) is 6.54 Å². The molecule has 7 heteroatoms. The summed E-state index contributed by atoms with van der Waals surface area (Å²) in [6.07, 6.45) is 6.49. The highest BCUT2D eigenvalue weighted by atomic mass is 32.1. The molecule has 0 saturated carbocycles. The van der Waals surface area contributed by atoms with Crippen LogP contribution in [0.4, 0.5) is 0 Å². The Morgan fingerprint density at radius 3 is 3.05 bits per heavy atom. The predicted molar refractivity (Wildman–Crippen MR) is 89.0 cm³/mol. The Labute approximate surface area is 134 Å². The second-order valence-electron chi connectivity index (χ2n) is 4.47. The van der Waals surface area contributed by atoms with E-state index in [1.807, 2.05) is 22.9 Å². The summed E-state index contributed by atoms with van der Waals surface area (Å²) < 4.78 is 1.30. The lowest BCUT2D eigenvalue weighted by Gasteiger charge is -2.05. The van der Waals surface area contributed by atoms with Crippen LogP contribution in [0.2, 0.25) is 0 Å². The van der Waals surface area contributed by atoms with Crippen LogP contribution >= 0.6 is 22.7 Å². The fourth-order valence-corrected chi connectivity index (χ4v) is 3.77. The van der Waals surface area contributed by atoms with Gasteiger partial charge < -0.3 is 5.32 Å². The molecular weight excluding hydrogens is 318 g/mol. The number of hydrogen-bond donors (Lipinski definition) is 1. The van der Waals surface area contributed by atoms with Gasteiger partial charge in [0, 0.05) is 15.8 Å². The molecule has 5 nitrogen and oxygen atoms in total. The zero-order chi connectivity index (χ0) is 15.5. The number of nitrogens with one attached hydrogen (secondary N) is 1. The molecule has 1 N–H and O–H groups in total. The molecule has 0 radical (unpaired) electrons. The number of rotatable bonds is 4. The summed E-state index contributed by atoms with van der Waals surface area (Å²) in [7, 11) is 0. The van der Waals surface area contributed by atoms with Gasteiger partial charge in [-0.15, -0.1) is 29.1 Å². The third-order valence-corrected chi connectivity index (χ3v) is 4.84. The van der Waals surface area contributed by atoms with Gasteiger partial charge in [0.25, 0.3) is 5.56 Å². The summed E-state index contributed by atoms with van der Waals surface area (Å²) in [5.41, 5.74) is 0.649. The first kappa shape index (κ1) is 14.5. The van der Waals surface area contributed by atoms with Gasteiger partial charge in [-0.25, -0.2) is 4.98 Å². The summed E-state index contributed by atoms with van der Waals surface area (Å²) >= 11 is 2.99. The van der Waals surface area contributed by atoms with Crippen LogP contribution in [0, 0.1) is 12.3 Å². The van der Waals surface area contributed by atoms with Gasteiger partial charge in [0.1, 0.15) is 11.4 Å². The number of thiophene rings is 2. The standard InChI is InChI=1S/C15H11N3O2S2/c1-2-5-16-12(19)7-18-9-17-14-13(15(18)20)10(8-22-14)11-4-3-6-21-11/h1,3-4,6,8-9H,5,7H2,(H,16,19). The third-order valence-electron chi connectivity index (χ3n) is 3.05. The molecule has 0 aliphatic rings. The van der Waals surface area contributed by atoms with Crippen molar-refractivity contribution in [1.82, 2.24) is 14.9 Å². The van der Waals surface area contributed by atoms with Crippen LogP contribution in [-0.4, -0.2) is 22.0 Å². The molecule has 1 amide bonds. The van der Waals surface area contributed by atoms with Crippen molar-refractivity contribution in [3.63, 3.8) is 0 Å². The minimum atomic E-state index is -0.311. The van der Waals surface area contributed by atoms with Crippen LogP contribution in [0.3, 0.4) is 0 Å². The lowest BCUT2D eigenvalue weighted by molar-refractivity contribution is -0.121. The Bertz CT molecular complexity index is 917. The summed E-state index contributed by atoms with van der Waals surface area (Å²) in [5.74, 6) is 2.01. The number of fused-ring (bicyclic) bond motifs is 1. The highest BCUT2D eigenvalue weighted by Crippen LogP contribution is 2.33. The van der Waals surface area contributed by atoms with E-state index in [0.717, 1.165) is 10.4 Å². The molecule has 0 aliphatic carbocycles. The minimum absolute atomic E-state index is 0.0941. The van der Waals surface area contributed by atoms with E-state index in [9.17, 15) is 9.59 Å². The molecule has 3 aromatic heterocycles. The van der Waals surface area contributed by atoms with E-state index < -0.39 is 0 Å². The molecule has 3 aromatic rings.